The average Bonchev–Trinajstić information content (AvgIpc) is 2.79. The Morgan fingerprint density at radius 2 is 1.84 bits per heavy atom. The summed E-state index contributed by atoms with van der Waals surface area (Å²) >= 11 is 6.17. The van der Waals surface area contributed by atoms with Crippen LogP contribution in [0.1, 0.15) is 22.3 Å². The minimum Gasteiger partial charge on any atom is -0.493 e. The molecule has 1 N–H and O–H groups in total. The summed E-state index contributed by atoms with van der Waals surface area (Å²) in [5, 5.41) is 12.6. The number of hydrogen-bond donors (Lipinski definition) is 1. The topological polar surface area (TPSA) is 71.3 Å². The van der Waals surface area contributed by atoms with E-state index in [2.05, 4.69) is 5.32 Å². The van der Waals surface area contributed by atoms with Crippen molar-refractivity contribution in [2.75, 3.05) is 12.4 Å². The molecule has 3 rings (SSSR count). The van der Waals surface area contributed by atoms with Crippen molar-refractivity contribution >= 4 is 29.3 Å². The Morgan fingerprint density at radius 3 is 2.50 bits per heavy atom. The molecule has 32 heavy (non-hydrogen) atoms. The molecule has 0 aromatic heterocycles. The van der Waals surface area contributed by atoms with Gasteiger partial charge in [0.15, 0.2) is 11.5 Å². The van der Waals surface area contributed by atoms with Gasteiger partial charge in [0, 0.05) is 0 Å². The number of hydrogen-bond acceptors (Lipinski definition) is 4. The van der Waals surface area contributed by atoms with Gasteiger partial charge in [-0.3, -0.25) is 4.79 Å². The number of aryl methyl sites for hydroxylation is 2. The number of ether oxygens (including phenoxy) is 2. The van der Waals surface area contributed by atoms with E-state index in [0.29, 0.717) is 34.4 Å². The minimum atomic E-state index is -0.539. The smallest absolute Gasteiger partial charge is 0.266 e. The summed E-state index contributed by atoms with van der Waals surface area (Å²) in [5.74, 6) is 0.535. The first kappa shape index (κ1) is 22.9. The van der Waals surface area contributed by atoms with Gasteiger partial charge in [-0.05, 0) is 54.8 Å². The van der Waals surface area contributed by atoms with Crippen LogP contribution in [-0.2, 0) is 11.4 Å². The summed E-state index contributed by atoms with van der Waals surface area (Å²) in [7, 11) is 1.54. The molecule has 162 valence electrons. The molecule has 0 atom stereocenters. The molecule has 0 saturated carbocycles. The molecule has 0 bridgehead atoms. The number of nitrogens with one attached hydrogen (secondary N) is 1. The summed E-state index contributed by atoms with van der Waals surface area (Å²) < 4.78 is 11.3. The van der Waals surface area contributed by atoms with Gasteiger partial charge in [0.2, 0.25) is 0 Å². The first-order valence-corrected chi connectivity index (χ1v) is 10.3. The number of amides is 1. The number of carbonyl (C=O) groups excluding carboxylic acids is 1. The SMILES string of the molecule is COc1cc(/C=C(\C#N)C(=O)Nc2c(C)cccc2Cl)ccc1OCc1ccc(C)cc1. The molecule has 0 saturated heterocycles. The number of nitrogens with zero attached hydrogens (tertiary/aromatic N) is 1. The number of nitriles is 1. The van der Waals surface area contributed by atoms with Crippen LogP contribution < -0.4 is 14.8 Å². The molecule has 0 unspecified atom stereocenters. The Kier molecular flexibility index (Phi) is 7.54. The van der Waals surface area contributed by atoms with E-state index in [-0.39, 0.29) is 5.57 Å². The summed E-state index contributed by atoms with van der Waals surface area (Å²) in [6, 6.07) is 20.6. The second-order valence-corrected chi connectivity index (χ2v) is 7.65. The highest BCUT2D eigenvalue weighted by Gasteiger charge is 2.14. The van der Waals surface area contributed by atoms with E-state index in [4.69, 9.17) is 21.1 Å². The van der Waals surface area contributed by atoms with Crippen LogP contribution in [0.15, 0.2) is 66.2 Å². The molecule has 5 nitrogen and oxygen atoms in total. The molecule has 6 heteroatoms. The highest BCUT2D eigenvalue weighted by atomic mass is 35.5. The quantitative estimate of drug-likeness (QED) is 0.352. The molecular weight excluding hydrogens is 424 g/mol. The van der Waals surface area contributed by atoms with Crippen molar-refractivity contribution in [3.8, 4) is 17.6 Å². The van der Waals surface area contributed by atoms with Gasteiger partial charge >= 0.3 is 0 Å². The number of halogens is 1. The van der Waals surface area contributed by atoms with E-state index in [1.165, 1.54) is 11.6 Å². The Morgan fingerprint density at radius 1 is 1.09 bits per heavy atom. The number of methoxy groups -OCH3 is 1. The maximum absolute atomic E-state index is 12.6. The molecule has 0 aliphatic rings. The standard InChI is InChI=1S/C26H23ClN2O3/c1-17-7-9-19(10-8-17)16-32-23-12-11-20(14-24(23)31-3)13-21(15-28)26(30)29-25-18(2)5-4-6-22(25)27/h4-14H,16H2,1-3H3,(H,29,30)/b21-13+. The van der Waals surface area contributed by atoms with Gasteiger partial charge < -0.3 is 14.8 Å². The zero-order chi connectivity index (χ0) is 23.1. The zero-order valence-electron chi connectivity index (χ0n) is 18.1. The van der Waals surface area contributed by atoms with Crippen LogP contribution in [0.25, 0.3) is 6.08 Å². The van der Waals surface area contributed by atoms with E-state index < -0.39 is 5.91 Å². The van der Waals surface area contributed by atoms with Crippen molar-refractivity contribution in [2.24, 2.45) is 0 Å². The van der Waals surface area contributed by atoms with Crippen molar-refractivity contribution < 1.29 is 14.3 Å². The van der Waals surface area contributed by atoms with Crippen LogP contribution in [-0.4, -0.2) is 13.0 Å². The van der Waals surface area contributed by atoms with Crippen molar-refractivity contribution in [1.82, 2.24) is 0 Å². The summed E-state index contributed by atoms with van der Waals surface area (Å²) in [5.41, 5.74) is 4.09. The van der Waals surface area contributed by atoms with E-state index in [0.717, 1.165) is 11.1 Å². The normalized spacial score (nSPS) is 10.9. The zero-order valence-corrected chi connectivity index (χ0v) is 18.9. The number of anilines is 1. The fourth-order valence-electron chi connectivity index (χ4n) is 3.02. The van der Waals surface area contributed by atoms with Crippen molar-refractivity contribution in [2.45, 2.75) is 20.5 Å². The maximum Gasteiger partial charge on any atom is 0.266 e. The molecule has 3 aromatic carbocycles. The summed E-state index contributed by atoms with van der Waals surface area (Å²) in [4.78, 5) is 12.6. The third-order valence-corrected chi connectivity index (χ3v) is 5.15. The Labute approximate surface area is 192 Å². The van der Waals surface area contributed by atoms with Crippen LogP contribution >= 0.6 is 11.6 Å². The second kappa shape index (κ2) is 10.5. The third kappa shape index (κ3) is 5.69. The summed E-state index contributed by atoms with van der Waals surface area (Å²) in [6.07, 6.45) is 1.49. The fourth-order valence-corrected chi connectivity index (χ4v) is 3.29. The highest BCUT2D eigenvalue weighted by molar-refractivity contribution is 6.34. The minimum absolute atomic E-state index is 0.0558. The van der Waals surface area contributed by atoms with E-state index in [9.17, 15) is 10.1 Å². The van der Waals surface area contributed by atoms with Gasteiger partial charge in [-0.15, -0.1) is 0 Å². The maximum atomic E-state index is 12.6. The lowest BCUT2D eigenvalue weighted by molar-refractivity contribution is -0.112. The van der Waals surface area contributed by atoms with E-state index in [1.54, 1.807) is 37.4 Å². The first-order chi connectivity index (χ1) is 15.4. The van der Waals surface area contributed by atoms with Gasteiger partial charge in [0.1, 0.15) is 18.2 Å². The Balaban J connectivity index is 1.77. The number of para-hydroxylation sites is 1. The number of rotatable bonds is 7. The first-order valence-electron chi connectivity index (χ1n) is 9.96. The van der Waals surface area contributed by atoms with Crippen molar-refractivity contribution in [1.29, 1.82) is 5.26 Å². The molecule has 0 aliphatic carbocycles. The monoisotopic (exact) mass is 446 g/mol. The lowest BCUT2D eigenvalue weighted by Gasteiger charge is -2.12. The highest BCUT2D eigenvalue weighted by Crippen LogP contribution is 2.30. The lowest BCUT2D eigenvalue weighted by Crippen LogP contribution is -2.14. The van der Waals surface area contributed by atoms with Gasteiger partial charge in [0.25, 0.3) is 5.91 Å². The average molecular weight is 447 g/mol. The number of carbonyl (C=O) groups is 1. The molecule has 0 radical (unpaired) electrons. The molecule has 3 aromatic rings. The Bertz CT molecular complexity index is 1170. The largest absolute Gasteiger partial charge is 0.493 e. The van der Waals surface area contributed by atoms with Crippen LogP contribution in [0, 0.1) is 25.2 Å². The van der Waals surface area contributed by atoms with Gasteiger partial charge in [-0.2, -0.15) is 5.26 Å². The van der Waals surface area contributed by atoms with Gasteiger partial charge in [-0.1, -0.05) is 59.6 Å². The lowest BCUT2D eigenvalue weighted by atomic mass is 10.1. The van der Waals surface area contributed by atoms with Gasteiger partial charge in [-0.25, -0.2) is 0 Å². The van der Waals surface area contributed by atoms with E-state index in [1.807, 2.05) is 50.2 Å². The fraction of sp³-hybridized carbons (Fsp3) is 0.154. The number of benzene rings is 3. The third-order valence-electron chi connectivity index (χ3n) is 4.84. The van der Waals surface area contributed by atoms with Crippen molar-refractivity contribution in [3.63, 3.8) is 0 Å². The second-order valence-electron chi connectivity index (χ2n) is 7.24. The molecule has 0 heterocycles. The predicted molar refractivity (Wildman–Crippen MR) is 127 cm³/mol. The predicted octanol–water partition coefficient (Wildman–Crippen LogP) is 6.09. The molecule has 0 spiro atoms. The molecular formula is C26H23ClN2O3. The molecule has 0 fully saturated rings. The molecule has 1 amide bonds. The van der Waals surface area contributed by atoms with Gasteiger partial charge in [0.05, 0.1) is 17.8 Å². The van der Waals surface area contributed by atoms with Crippen LogP contribution in [0.3, 0.4) is 0 Å². The Hall–Kier alpha value is -3.75. The van der Waals surface area contributed by atoms with Crippen LogP contribution in [0.2, 0.25) is 5.02 Å². The van der Waals surface area contributed by atoms with Crippen molar-refractivity contribution in [3.05, 3.63) is 93.5 Å². The van der Waals surface area contributed by atoms with Crippen LogP contribution in [0.4, 0.5) is 5.69 Å². The molecule has 0 aliphatic heterocycles. The summed E-state index contributed by atoms with van der Waals surface area (Å²) in [6.45, 7) is 4.26. The van der Waals surface area contributed by atoms with E-state index >= 15 is 0 Å². The van der Waals surface area contributed by atoms with Crippen LogP contribution in [0.5, 0.6) is 11.5 Å².